The average molecular weight is 794 g/mol. The highest BCUT2D eigenvalue weighted by atomic mass is 16.5. The smallest absolute Gasteiger partial charge is 0.237 e. The van der Waals surface area contributed by atoms with Crippen molar-refractivity contribution in [3.8, 4) is 17.0 Å². The predicted octanol–water partition coefficient (Wildman–Crippen LogP) is 7.52. The number of pyridine rings is 1. The molecule has 3 N–H and O–H groups in total. The van der Waals surface area contributed by atoms with Crippen LogP contribution in [0.3, 0.4) is 0 Å². The maximum atomic E-state index is 12.3. The van der Waals surface area contributed by atoms with Gasteiger partial charge in [-0.25, -0.2) is 15.0 Å². The van der Waals surface area contributed by atoms with Crippen LogP contribution in [0.1, 0.15) is 63.0 Å². The quantitative estimate of drug-likeness (QED) is 0.135. The minimum absolute atomic E-state index is 0.166. The lowest BCUT2D eigenvalue weighted by Gasteiger charge is -2.50. The minimum atomic E-state index is -0.228. The highest BCUT2D eigenvalue weighted by Crippen LogP contribution is 2.42. The van der Waals surface area contributed by atoms with Crippen molar-refractivity contribution in [3.63, 3.8) is 0 Å². The van der Waals surface area contributed by atoms with E-state index in [1.807, 2.05) is 26.2 Å². The Morgan fingerprint density at radius 3 is 2.41 bits per heavy atom. The molecule has 7 heterocycles. The van der Waals surface area contributed by atoms with Crippen LogP contribution in [0.25, 0.3) is 22.0 Å². The summed E-state index contributed by atoms with van der Waals surface area (Å²) < 4.78 is 5.73. The number of imide groups is 1. The van der Waals surface area contributed by atoms with Gasteiger partial charge in [-0.2, -0.15) is 0 Å². The zero-order chi connectivity index (χ0) is 40.5. The molecule has 1 spiro atoms. The first-order chi connectivity index (χ1) is 28.8. The summed E-state index contributed by atoms with van der Waals surface area (Å²) in [5, 5.41) is 10.3. The standard InChI is InChI=1S/C45H49N9O3.C2H6/c1-29-38(24-47-43-41(29)46-17-21-57-43)32-2-3-33-23-48-44(50-39(33)22-32)49-34-6-10-35(11-7-34)53-18-14-30(15-19-53)25-52-26-45(27-52)16-20-54(28-45)36-8-4-31(5-9-36)37-12-13-40(55)51-42(37)56;1-2/h2-11,22-24,30,37,46H,12-21,25-28H2,1H3,(H,48,49,50)(H,51,55,56);1-2H3. The number of hydrogen-bond donors (Lipinski definition) is 3. The van der Waals surface area contributed by atoms with Crippen LogP contribution in [0.5, 0.6) is 5.88 Å². The number of carbonyl (C=O) groups is 2. The second-order valence-electron chi connectivity index (χ2n) is 16.8. The molecule has 2 aromatic heterocycles. The summed E-state index contributed by atoms with van der Waals surface area (Å²) in [5.41, 5.74) is 9.93. The molecule has 0 bridgehead atoms. The fraction of sp³-hybridized carbons (Fsp3) is 0.426. The van der Waals surface area contributed by atoms with Crippen molar-refractivity contribution in [1.29, 1.82) is 0 Å². The fourth-order valence-electron chi connectivity index (χ4n) is 9.76. The summed E-state index contributed by atoms with van der Waals surface area (Å²) in [4.78, 5) is 45.6. The van der Waals surface area contributed by atoms with E-state index in [0.29, 0.717) is 36.7 Å². The number of aromatic nitrogens is 3. The van der Waals surface area contributed by atoms with E-state index in [-0.39, 0.29) is 17.7 Å². The second-order valence-corrected chi connectivity index (χ2v) is 16.8. The van der Waals surface area contributed by atoms with Crippen LogP contribution in [0.2, 0.25) is 0 Å². The Morgan fingerprint density at radius 2 is 1.63 bits per heavy atom. The molecular weight excluding hydrogens is 739 g/mol. The molecule has 5 aliphatic heterocycles. The SMILES string of the molecule is CC.Cc1c(-c2ccc3cnc(Nc4ccc(N5CCC(CN6CC7(CCN(c8ccc(C9CCC(=O)NC9=O)cc8)C7)C6)CC5)cc4)nc3c2)cnc2c1NCCO2. The Kier molecular flexibility index (Phi) is 10.8. The number of amides is 2. The molecule has 0 aliphatic carbocycles. The molecule has 4 saturated heterocycles. The number of hydrogen-bond acceptors (Lipinski definition) is 11. The van der Waals surface area contributed by atoms with Crippen molar-refractivity contribution in [1.82, 2.24) is 25.2 Å². The summed E-state index contributed by atoms with van der Waals surface area (Å²) in [5.74, 6) is 1.41. The number of likely N-dealkylation sites (tertiary alicyclic amines) is 1. The summed E-state index contributed by atoms with van der Waals surface area (Å²) in [6.45, 7) is 15.4. The van der Waals surface area contributed by atoms with E-state index in [4.69, 9.17) is 9.72 Å². The molecule has 12 nitrogen and oxygen atoms in total. The van der Waals surface area contributed by atoms with Gasteiger partial charge in [0.1, 0.15) is 12.3 Å². The molecule has 306 valence electrons. The van der Waals surface area contributed by atoms with Crippen LogP contribution in [-0.4, -0.2) is 90.6 Å². The number of fused-ring (bicyclic) bond motifs is 2. The van der Waals surface area contributed by atoms with E-state index >= 15 is 0 Å². The Bertz CT molecular complexity index is 2320. The molecule has 3 aromatic carbocycles. The van der Waals surface area contributed by atoms with Crippen molar-refractivity contribution in [2.24, 2.45) is 11.3 Å². The van der Waals surface area contributed by atoms with Crippen molar-refractivity contribution >= 4 is 51.4 Å². The molecular formula is C47H55N9O3. The predicted molar refractivity (Wildman–Crippen MR) is 235 cm³/mol. The normalized spacial score (nSPS) is 20.2. The lowest BCUT2D eigenvalue weighted by molar-refractivity contribution is -0.134. The average Bonchev–Trinajstić information content (AvgIpc) is 3.71. The van der Waals surface area contributed by atoms with Gasteiger partial charge >= 0.3 is 0 Å². The molecule has 5 aliphatic rings. The van der Waals surface area contributed by atoms with Gasteiger partial charge in [0.05, 0.1) is 11.4 Å². The highest BCUT2D eigenvalue weighted by Gasteiger charge is 2.48. The van der Waals surface area contributed by atoms with Crippen LogP contribution < -0.4 is 30.5 Å². The number of nitrogens with one attached hydrogen (secondary N) is 3. The molecule has 10 rings (SSSR count). The summed E-state index contributed by atoms with van der Waals surface area (Å²) in [6.07, 6.45) is 8.42. The molecule has 59 heavy (non-hydrogen) atoms. The van der Waals surface area contributed by atoms with Gasteiger partial charge in [0.25, 0.3) is 0 Å². The Hall–Kier alpha value is -5.75. The third kappa shape index (κ3) is 8.02. The topological polar surface area (TPSA) is 128 Å². The van der Waals surface area contributed by atoms with Gasteiger partial charge in [-0.15, -0.1) is 0 Å². The van der Waals surface area contributed by atoms with Crippen LogP contribution in [0.4, 0.5) is 28.7 Å². The largest absolute Gasteiger partial charge is 0.474 e. The number of piperidine rings is 2. The number of rotatable bonds is 8. The van der Waals surface area contributed by atoms with Crippen molar-refractivity contribution in [2.75, 3.05) is 79.4 Å². The Labute approximate surface area is 346 Å². The van der Waals surface area contributed by atoms with Gasteiger partial charge in [-0.1, -0.05) is 38.1 Å². The first-order valence-corrected chi connectivity index (χ1v) is 21.5. The first kappa shape index (κ1) is 38.8. The van der Waals surface area contributed by atoms with Gasteiger partial charge in [0.15, 0.2) is 0 Å². The maximum absolute atomic E-state index is 12.3. The molecule has 5 aromatic rings. The van der Waals surface area contributed by atoms with Gasteiger partial charge < -0.3 is 30.1 Å². The lowest BCUT2D eigenvalue weighted by atomic mass is 9.78. The maximum Gasteiger partial charge on any atom is 0.237 e. The highest BCUT2D eigenvalue weighted by molar-refractivity contribution is 6.01. The van der Waals surface area contributed by atoms with Gasteiger partial charge in [0.2, 0.25) is 23.6 Å². The lowest BCUT2D eigenvalue weighted by Crippen LogP contribution is -2.58. The summed E-state index contributed by atoms with van der Waals surface area (Å²) >= 11 is 0. The first-order valence-electron chi connectivity index (χ1n) is 21.5. The zero-order valence-electron chi connectivity index (χ0n) is 34.5. The van der Waals surface area contributed by atoms with Crippen LogP contribution >= 0.6 is 0 Å². The molecule has 4 fully saturated rings. The molecule has 0 saturated carbocycles. The van der Waals surface area contributed by atoms with Crippen LogP contribution in [0, 0.1) is 18.3 Å². The van der Waals surface area contributed by atoms with Gasteiger partial charge in [-0.3, -0.25) is 14.9 Å². The van der Waals surface area contributed by atoms with E-state index in [1.165, 1.54) is 50.3 Å². The molecule has 2 amide bonds. The van der Waals surface area contributed by atoms with E-state index in [9.17, 15) is 9.59 Å². The van der Waals surface area contributed by atoms with Gasteiger partial charge in [0, 0.05) is 105 Å². The molecule has 1 unspecified atom stereocenters. The Balaban J connectivity index is 0.00000221. The number of nitrogens with zero attached hydrogens (tertiary/aromatic N) is 6. The summed E-state index contributed by atoms with van der Waals surface area (Å²) in [7, 11) is 0. The van der Waals surface area contributed by atoms with E-state index in [2.05, 4.69) is 114 Å². The molecule has 12 heteroatoms. The van der Waals surface area contributed by atoms with Gasteiger partial charge in [-0.05, 0) is 97.7 Å². The van der Waals surface area contributed by atoms with Crippen molar-refractivity contribution < 1.29 is 14.3 Å². The van der Waals surface area contributed by atoms with Crippen LogP contribution in [-0.2, 0) is 9.59 Å². The van der Waals surface area contributed by atoms with Crippen LogP contribution in [0.15, 0.2) is 79.1 Å². The van der Waals surface area contributed by atoms with E-state index < -0.39 is 0 Å². The third-order valence-electron chi connectivity index (χ3n) is 12.9. The fourth-order valence-corrected chi connectivity index (χ4v) is 9.76. The number of anilines is 5. The number of ether oxygens (including phenoxy) is 1. The van der Waals surface area contributed by atoms with E-state index in [0.717, 1.165) is 83.2 Å². The van der Waals surface area contributed by atoms with Crippen molar-refractivity contribution in [2.45, 2.75) is 58.8 Å². The minimum Gasteiger partial charge on any atom is -0.474 e. The number of benzene rings is 3. The molecule has 0 radical (unpaired) electrons. The van der Waals surface area contributed by atoms with E-state index in [1.54, 1.807) is 0 Å². The Morgan fingerprint density at radius 1 is 0.864 bits per heavy atom. The second kappa shape index (κ2) is 16.5. The zero-order valence-corrected chi connectivity index (χ0v) is 34.5. The molecule has 1 atom stereocenters. The summed E-state index contributed by atoms with van der Waals surface area (Å²) in [6, 6.07) is 23.4. The van der Waals surface area contributed by atoms with Crippen molar-refractivity contribution in [3.05, 3.63) is 90.3 Å². The third-order valence-corrected chi connectivity index (χ3v) is 12.9. The monoisotopic (exact) mass is 793 g/mol. The number of carbonyl (C=O) groups excluding carboxylic acids is 2.